The van der Waals surface area contributed by atoms with Crippen LogP contribution >= 0.6 is 0 Å². The molecular weight excluding hydrogens is 316 g/mol. The van der Waals surface area contributed by atoms with E-state index in [9.17, 15) is 13.2 Å². The standard InChI is InChI=1S/C16H18N2O4S/c19-16(17-8-10-18-9-4-12-23(18,20)21)15-14(7-11-22-15)13-5-2-1-3-6-13/h1-3,5-7,11H,4,8-10,12H2,(H,17,19). The number of benzene rings is 1. The molecule has 6 nitrogen and oxygen atoms in total. The van der Waals surface area contributed by atoms with Crippen LogP contribution in [0.4, 0.5) is 0 Å². The molecule has 0 aliphatic carbocycles. The van der Waals surface area contributed by atoms with Gasteiger partial charge in [-0.25, -0.2) is 12.7 Å². The minimum Gasteiger partial charge on any atom is -0.459 e. The van der Waals surface area contributed by atoms with Crippen molar-refractivity contribution in [3.63, 3.8) is 0 Å². The average molecular weight is 334 g/mol. The maximum Gasteiger partial charge on any atom is 0.287 e. The summed E-state index contributed by atoms with van der Waals surface area (Å²) in [4.78, 5) is 12.3. The zero-order valence-corrected chi connectivity index (χ0v) is 13.4. The Morgan fingerprint density at radius 2 is 2.00 bits per heavy atom. The first-order valence-corrected chi connectivity index (χ1v) is 9.08. The maximum absolute atomic E-state index is 12.3. The first kappa shape index (κ1) is 15.8. The van der Waals surface area contributed by atoms with E-state index in [0.29, 0.717) is 13.0 Å². The van der Waals surface area contributed by atoms with Gasteiger partial charge in [-0.2, -0.15) is 0 Å². The highest BCUT2D eigenvalue weighted by Gasteiger charge is 2.27. The lowest BCUT2D eigenvalue weighted by Crippen LogP contribution is -2.35. The van der Waals surface area contributed by atoms with Crippen molar-refractivity contribution in [1.29, 1.82) is 0 Å². The summed E-state index contributed by atoms with van der Waals surface area (Å²) >= 11 is 0. The summed E-state index contributed by atoms with van der Waals surface area (Å²) in [7, 11) is -3.13. The fourth-order valence-corrected chi connectivity index (χ4v) is 4.18. The van der Waals surface area contributed by atoms with Crippen LogP contribution in [0.1, 0.15) is 17.0 Å². The summed E-state index contributed by atoms with van der Waals surface area (Å²) in [5.41, 5.74) is 1.62. The molecule has 122 valence electrons. The maximum atomic E-state index is 12.3. The lowest BCUT2D eigenvalue weighted by molar-refractivity contribution is 0.0925. The molecule has 2 aromatic rings. The predicted molar refractivity (Wildman–Crippen MR) is 86.5 cm³/mol. The van der Waals surface area contributed by atoms with Crippen LogP contribution < -0.4 is 5.32 Å². The molecule has 1 saturated heterocycles. The van der Waals surface area contributed by atoms with E-state index in [2.05, 4.69) is 5.32 Å². The van der Waals surface area contributed by atoms with E-state index in [4.69, 9.17) is 4.42 Å². The van der Waals surface area contributed by atoms with Gasteiger partial charge in [-0.1, -0.05) is 30.3 Å². The molecule has 1 amide bonds. The Balaban J connectivity index is 1.63. The summed E-state index contributed by atoms with van der Waals surface area (Å²) in [6.45, 7) is 1.07. The average Bonchev–Trinajstić information content (AvgIpc) is 3.15. The fraction of sp³-hybridized carbons (Fsp3) is 0.312. The highest BCUT2D eigenvalue weighted by Crippen LogP contribution is 2.24. The molecule has 0 saturated carbocycles. The number of hydrogen-bond donors (Lipinski definition) is 1. The third-order valence-electron chi connectivity index (χ3n) is 3.81. The summed E-state index contributed by atoms with van der Waals surface area (Å²) in [5.74, 6) is 0.0861. The van der Waals surface area contributed by atoms with Gasteiger partial charge < -0.3 is 9.73 Å². The van der Waals surface area contributed by atoms with Crippen molar-refractivity contribution < 1.29 is 17.6 Å². The van der Waals surface area contributed by atoms with Gasteiger partial charge in [-0.05, 0) is 18.1 Å². The number of furan rings is 1. The van der Waals surface area contributed by atoms with E-state index >= 15 is 0 Å². The number of hydrogen-bond acceptors (Lipinski definition) is 4. The molecule has 23 heavy (non-hydrogen) atoms. The minimum absolute atomic E-state index is 0.192. The van der Waals surface area contributed by atoms with Crippen LogP contribution in [-0.2, 0) is 10.0 Å². The Bertz CT molecular complexity index is 783. The monoisotopic (exact) mass is 334 g/mol. The molecule has 1 aliphatic heterocycles. The predicted octanol–water partition coefficient (Wildman–Crippen LogP) is 1.71. The van der Waals surface area contributed by atoms with Crippen LogP contribution in [0, 0.1) is 0 Å². The van der Waals surface area contributed by atoms with Crippen molar-refractivity contribution in [2.75, 3.05) is 25.4 Å². The van der Waals surface area contributed by atoms with Gasteiger partial charge in [0, 0.05) is 25.2 Å². The smallest absolute Gasteiger partial charge is 0.287 e. The number of carbonyl (C=O) groups excluding carboxylic acids is 1. The van der Waals surface area contributed by atoms with Gasteiger partial charge >= 0.3 is 0 Å². The van der Waals surface area contributed by atoms with Crippen molar-refractivity contribution in [3.8, 4) is 11.1 Å². The van der Waals surface area contributed by atoms with Gasteiger partial charge in [0.05, 0.1) is 12.0 Å². The second-order valence-electron chi connectivity index (χ2n) is 5.35. The van der Waals surface area contributed by atoms with Crippen molar-refractivity contribution >= 4 is 15.9 Å². The molecule has 1 N–H and O–H groups in total. The molecule has 1 aliphatic rings. The summed E-state index contributed by atoms with van der Waals surface area (Å²) < 4.78 is 30.1. The molecule has 0 atom stereocenters. The molecule has 7 heteroatoms. The first-order chi connectivity index (χ1) is 11.1. The van der Waals surface area contributed by atoms with Crippen LogP contribution in [0.15, 0.2) is 47.1 Å². The molecule has 0 bridgehead atoms. The molecule has 0 radical (unpaired) electrons. The largest absolute Gasteiger partial charge is 0.459 e. The number of sulfonamides is 1. The molecular formula is C16H18N2O4S. The highest BCUT2D eigenvalue weighted by atomic mass is 32.2. The molecule has 1 aromatic heterocycles. The molecule has 1 fully saturated rings. The van der Waals surface area contributed by atoms with Gasteiger partial charge in [-0.15, -0.1) is 0 Å². The van der Waals surface area contributed by atoms with E-state index in [1.807, 2.05) is 30.3 Å². The third kappa shape index (κ3) is 3.46. The van der Waals surface area contributed by atoms with Gasteiger partial charge in [0.2, 0.25) is 10.0 Å². The van der Waals surface area contributed by atoms with Gasteiger partial charge in [0.25, 0.3) is 5.91 Å². The summed E-state index contributed by atoms with van der Waals surface area (Å²) in [6, 6.07) is 11.2. The van der Waals surface area contributed by atoms with E-state index in [1.165, 1.54) is 10.6 Å². The van der Waals surface area contributed by atoms with Crippen molar-refractivity contribution in [2.24, 2.45) is 0 Å². The number of nitrogens with one attached hydrogen (secondary N) is 1. The third-order valence-corrected chi connectivity index (χ3v) is 5.76. The molecule has 0 spiro atoms. The lowest BCUT2D eigenvalue weighted by Gasteiger charge is -2.14. The lowest BCUT2D eigenvalue weighted by atomic mass is 10.1. The quantitative estimate of drug-likeness (QED) is 0.903. The van der Waals surface area contributed by atoms with E-state index in [0.717, 1.165) is 11.1 Å². The van der Waals surface area contributed by atoms with E-state index in [-0.39, 0.29) is 30.5 Å². The zero-order valence-electron chi connectivity index (χ0n) is 12.6. The SMILES string of the molecule is O=C(NCCN1CCCS1(=O)=O)c1occc1-c1ccccc1. The van der Waals surface area contributed by atoms with Gasteiger partial charge in [-0.3, -0.25) is 4.79 Å². The molecule has 1 aromatic carbocycles. The first-order valence-electron chi connectivity index (χ1n) is 7.47. The number of carbonyl (C=O) groups is 1. The Morgan fingerprint density at radius 3 is 2.70 bits per heavy atom. The fourth-order valence-electron chi connectivity index (χ4n) is 2.65. The molecule has 0 unspecified atom stereocenters. The van der Waals surface area contributed by atoms with Crippen LogP contribution in [0.2, 0.25) is 0 Å². The highest BCUT2D eigenvalue weighted by molar-refractivity contribution is 7.89. The van der Waals surface area contributed by atoms with Crippen LogP contribution in [0.25, 0.3) is 11.1 Å². The van der Waals surface area contributed by atoms with Crippen LogP contribution in [0.5, 0.6) is 0 Å². The number of rotatable bonds is 5. The number of nitrogens with zero attached hydrogens (tertiary/aromatic N) is 1. The van der Waals surface area contributed by atoms with E-state index in [1.54, 1.807) is 6.07 Å². The second-order valence-corrected chi connectivity index (χ2v) is 7.44. The van der Waals surface area contributed by atoms with Gasteiger partial charge in [0.15, 0.2) is 5.76 Å². The normalized spacial score (nSPS) is 17.2. The number of amides is 1. The Morgan fingerprint density at radius 1 is 1.22 bits per heavy atom. The zero-order chi connectivity index (χ0) is 16.3. The Kier molecular flexibility index (Phi) is 4.49. The topological polar surface area (TPSA) is 79.6 Å². The Hall–Kier alpha value is -2.12. The van der Waals surface area contributed by atoms with E-state index < -0.39 is 10.0 Å². The van der Waals surface area contributed by atoms with Crippen molar-refractivity contribution in [2.45, 2.75) is 6.42 Å². The van der Waals surface area contributed by atoms with Crippen molar-refractivity contribution in [1.82, 2.24) is 9.62 Å². The summed E-state index contributed by atoms with van der Waals surface area (Å²) in [5, 5.41) is 2.72. The Labute approximate surface area is 135 Å². The van der Waals surface area contributed by atoms with Crippen LogP contribution in [0.3, 0.4) is 0 Å². The minimum atomic E-state index is -3.13. The van der Waals surface area contributed by atoms with Crippen LogP contribution in [-0.4, -0.2) is 44.0 Å². The summed E-state index contributed by atoms with van der Waals surface area (Å²) in [6.07, 6.45) is 2.12. The molecule has 2 heterocycles. The second kappa shape index (κ2) is 6.55. The molecule has 3 rings (SSSR count). The van der Waals surface area contributed by atoms with Gasteiger partial charge in [0.1, 0.15) is 0 Å². The van der Waals surface area contributed by atoms with Crippen molar-refractivity contribution in [3.05, 3.63) is 48.4 Å².